The maximum atomic E-state index is 12.6. The summed E-state index contributed by atoms with van der Waals surface area (Å²) >= 11 is 11.5. The van der Waals surface area contributed by atoms with Gasteiger partial charge in [0, 0.05) is 16.6 Å². The highest BCUT2D eigenvalue weighted by Gasteiger charge is 2.48. The van der Waals surface area contributed by atoms with Gasteiger partial charge in [0.15, 0.2) is 0 Å². The number of hydrogen-bond donors (Lipinski definition) is 1. The van der Waals surface area contributed by atoms with E-state index in [-0.39, 0.29) is 13.0 Å². The van der Waals surface area contributed by atoms with Crippen molar-refractivity contribution in [2.45, 2.75) is 18.8 Å². The van der Waals surface area contributed by atoms with Gasteiger partial charge < -0.3 is 5.32 Å². The number of amides is 1. The van der Waals surface area contributed by atoms with E-state index < -0.39 is 18.3 Å². The molecule has 0 heterocycles. The number of rotatable bonds is 5. The third-order valence-electron chi connectivity index (χ3n) is 2.27. The maximum absolute atomic E-state index is 12.6. The fraction of sp³-hybridized carbons (Fsp3) is 0.364. The highest BCUT2D eigenvalue weighted by atomic mass is 35.5. The molecule has 0 aliphatic rings. The van der Waals surface area contributed by atoms with E-state index in [4.69, 9.17) is 23.2 Å². The smallest absolute Gasteiger partial charge is 0.350 e. The molecule has 0 spiro atoms. The van der Waals surface area contributed by atoms with Crippen LogP contribution in [0.5, 0.6) is 0 Å². The molecular weight excluding hydrogens is 309 g/mol. The maximum Gasteiger partial charge on any atom is 0.383 e. The Morgan fingerprint density at radius 2 is 1.95 bits per heavy atom. The molecule has 1 amide bonds. The molecule has 1 N–H and O–H groups in total. The lowest BCUT2D eigenvalue weighted by Crippen LogP contribution is -2.45. The molecule has 1 aromatic rings. The molecule has 0 aliphatic heterocycles. The average molecular weight is 318 g/mol. The van der Waals surface area contributed by atoms with Crippen LogP contribution in [-0.4, -0.2) is 24.8 Å². The highest BCUT2D eigenvalue weighted by molar-refractivity contribution is 6.35. The van der Waals surface area contributed by atoms with Gasteiger partial charge in [-0.05, 0) is 24.1 Å². The molecule has 0 radical (unpaired) electrons. The molecule has 19 heavy (non-hydrogen) atoms. The SMILES string of the molecule is O=C(NCCc1ccc(Cl)cc1Cl)C(F)(F)C(F)F. The van der Waals surface area contributed by atoms with E-state index in [0.29, 0.717) is 15.6 Å². The van der Waals surface area contributed by atoms with Crippen molar-refractivity contribution in [2.24, 2.45) is 0 Å². The van der Waals surface area contributed by atoms with Gasteiger partial charge in [-0.1, -0.05) is 29.3 Å². The van der Waals surface area contributed by atoms with E-state index in [0.717, 1.165) is 0 Å². The fourth-order valence-corrected chi connectivity index (χ4v) is 1.76. The molecule has 0 aliphatic carbocycles. The summed E-state index contributed by atoms with van der Waals surface area (Å²) in [5.41, 5.74) is 0.562. The minimum Gasteiger partial charge on any atom is -0.350 e. The topological polar surface area (TPSA) is 29.1 Å². The number of alkyl halides is 4. The van der Waals surface area contributed by atoms with Crippen molar-refractivity contribution in [3.05, 3.63) is 33.8 Å². The summed E-state index contributed by atoms with van der Waals surface area (Å²) in [4.78, 5) is 10.8. The third-order valence-corrected chi connectivity index (χ3v) is 2.86. The van der Waals surface area contributed by atoms with Crippen molar-refractivity contribution in [3.63, 3.8) is 0 Å². The van der Waals surface area contributed by atoms with Crippen LogP contribution in [-0.2, 0) is 11.2 Å². The van der Waals surface area contributed by atoms with Crippen LogP contribution in [0.3, 0.4) is 0 Å². The van der Waals surface area contributed by atoms with Crippen molar-refractivity contribution in [1.82, 2.24) is 5.32 Å². The second kappa shape index (κ2) is 6.43. The van der Waals surface area contributed by atoms with Gasteiger partial charge in [-0.15, -0.1) is 0 Å². The van der Waals surface area contributed by atoms with Crippen molar-refractivity contribution >= 4 is 29.1 Å². The first kappa shape index (κ1) is 16.0. The first-order valence-corrected chi connectivity index (χ1v) is 5.89. The number of carbonyl (C=O) groups excluding carboxylic acids is 1. The molecule has 106 valence electrons. The summed E-state index contributed by atoms with van der Waals surface area (Å²) in [5.74, 6) is -6.70. The van der Waals surface area contributed by atoms with Gasteiger partial charge in [-0.2, -0.15) is 8.78 Å². The van der Waals surface area contributed by atoms with Crippen LogP contribution in [0.4, 0.5) is 17.6 Å². The lowest BCUT2D eigenvalue weighted by Gasteiger charge is -2.14. The minimum atomic E-state index is -4.69. The Hall–Kier alpha value is -1.01. The number of halogens is 6. The fourth-order valence-electron chi connectivity index (χ4n) is 1.25. The van der Waals surface area contributed by atoms with E-state index in [1.807, 2.05) is 0 Å². The van der Waals surface area contributed by atoms with Gasteiger partial charge in [0.25, 0.3) is 5.91 Å². The molecule has 0 fully saturated rings. The van der Waals surface area contributed by atoms with Crippen molar-refractivity contribution in [1.29, 1.82) is 0 Å². The van der Waals surface area contributed by atoms with Crippen LogP contribution in [0.15, 0.2) is 18.2 Å². The van der Waals surface area contributed by atoms with E-state index >= 15 is 0 Å². The number of benzene rings is 1. The van der Waals surface area contributed by atoms with Crippen molar-refractivity contribution < 1.29 is 22.4 Å². The van der Waals surface area contributed by atoms with Gasteiger partial charge in [-0.3, -0.25) is 4.79 Å². The second-order valence-electron chi connectivity index (χ2n) is 3.67. The normalized spacial score (nSPS) is 11.7. The summed E-state index contributed by atoms with van der Waals surface area (Å²) in [6.45, 7) is -0.234. The Bertz CT molecular complexity index is 468. The number of carbonyl (C=O) groups is 1. The van der Waals surface area contributed by atoms with Gasteiger partial charge in [-0.25, -0.2) is 8.78 Å². The summed E-state index contributed by atoms with van der Waals surface area (Å²) in [7, 11) is 0. The predicted molar refractivity (Wildman–Crippen MR) is 64.1 cm³/mol. The Labute approximate surface area is 116 Å². The van der Waals surface area contributed by atoms with E-state index in [2.05, 4.69) is 0 Å². The van der Waals surface area contributed by atoms with Crippen LogP contribution < -0.4 is 5.32 Å². The first-order chi connectivity index (χ1) is 8.75. The molecule has 1 aromatic carbocycles. The summed E-state index contributed by atoms with van der Waals surface area (Å²) in [6.07, 6.45) is -3.91. The van der Waals surface area contributed by atoms with E-state index in [1.54, 1.807) is 17.4 Å². The van der Waals surface area contributed by atoms with Gasteiger partial charge >= 0.3 is 12.3 Å². The molecular formula is C11H9Cl2F4NO. The minimum absolute atomic E-state index is 0.126. The lowest BCUT2D eigenvalue weighted by molar-refractivity contribution is -0.169. The monoisotopic (exact) mass is 317 g/mol. The molecule has 0 atom stereocenters. The molecule has 0 saturated heterocycles. The van der Waals surface area contributed by atoms with Gasteiger partial charge in [0.05, 0.1) is 0 Å². The zero-order chi connectivity index (χ0) is 14.6. The summed E-state index contributed by atoms with van der Waals surface area (Å²) in [5, 5.41) is 2.45. The second-order valence-corrected chi connectivity index (χ2v) is 4.51. The molecule has 1 rings (SSSR count). The third kappa shape index (κ3) is 4.24. The molecule has 0 unspecified atom stereocenters. The van der Waals surface area contributed by atoms with Crippen molar-refractivity contribution in [2.75, 3.05) is 6.54 Å². The molecule has 0 aromatic heterocycles. The van der Waals surface area contributed by atoms with Gasteiger partial charge in [0.1, 0.15) is 0 Å². The van der Waals surface area contributed by atoms with Gasteiger partial charge in [0.2, 0.25) is 0 Å². The zero-order valence-corrected chi connectivity index (χ0v) is 10.9. The first-order valence-electron chi connectivity index (χ1n) is 5.13. The standard InChI is InChI=1S/C11H9Cl2F4NO/c12-7-2-1-6(8(13)5-7)3-4-18-10(19)11(16,17)9(14)15/h1-2,5,9H,3-4H2,(H,18,19). The summed E-state index contributed by atoms with van der Waals surface area (Å²) in [6, 6.07) is 4.55. The molecule has 2 nitrogen and oxygen atoms in total. The van der Waals surface area contributed by atoms with Crippen LogP contribution in [0.2, 0.25) is 10.0 Å². The lowest BCUT2D eigenvalue weighted by atomic mass is 10.1. The Balaban J connectivity index is 2.53. The van der Waals surface area contributed by atoms with Crippen LogP contribution in [0.25, 0.3) is 0 Å². The summed E-state index contributed by atoms with van der Waals surface area (Å²) < 4.78 is 48.9. The Kier molecular flexibility index (Phi) is 5.43. The zero-order valence-electron chi connectivity index (χ0n) is 9.40. The van der Waals surface area contributed by atoms with E-state index in [9.17, 15) is 22.4 Å². The molecule has 0 bridgehead atoms. The van der Waals surface area contributed by atoms with E-state index in [1.165, 1.54) is 6.07 Å². The van der Waals surface area contributed by atoms with Crippen molar-refractivity contribution in [3.8, 4) is 0 Å². The Morgan fingerprint density at radius 1 is 1.32 bits per heavy atom. The average Bonchev–Trinajstić information content (AvgIpc) is 2.31. The number of hydrogen-bond acceptors (Lipinski definition) is 1. The van der Waals surface area contributed by atoms with Crippen LogP contribution >= 0.6 is 23.2 Å². The largest absolute Gasteiger partial charge is 0.383 e. The van der Waals surface area contributed by atoms with Crippen LogP contribution in [0.1, 0.15) is 5.56 Å². The number of nitrogens with one attached hydrogen (secondary N) is 1. The molecule has 8 heteroatoms. The Morgan fingerprint density at radius 3 is 2.47 bits per heavy atom. The molecule has 0 saturated carbocycles. The quantitative estimate of drug-likeness (QED) is 0.827. The van der Waals surface area contributed by atoms with Crippen LogP contribution in [0, 0.1) is 0 Å². The predicted octanol–water partition coefficient (Wildman–Crippen LogP) is 3.55. The highest BCUT2D eigenvalue weighted by Crippen LogP contribution is 2.23.